The third-order valence-corrected chi connectivity index (χ3v) is 2.71. The van der Waals surface area contributed by atoms with E-state index < -0.39 is 6.09 Å². The van der Waals surface area contributed by atoms with E-state index in [1.807, 2.05) is 0 Å². The Labute approximate surface area is 98.5 Å². The number of likely N-dealkylation sites (tertiary alicyclic amines) is 1. The molecule has 6 heteroatoms. The fraction of sp³-hybridized carbons (Fsp3) is 0.455. The third-order valence-electron chi connectivity index (χ3n) is 2.71. The molecule has 0 spiro atoms. The predicted octanol–water partition coefficient (Wildman–Crippen LogP) is 0.850. The quantitative estimate of drug-likeness (QED) is 0.829. The molecule has 0 radical (unpaired) electrons. The van der Waals surface area contributed by atoms with Crippen LogP contribution in [0.1, 0.15) is 17.0 Å². The molecule has 0 saturated carbocycles. The molecule has 0 aromatic carbocycles. The van der Waals surface area contributed by atoms with Crippen molar-refractivity contribution in [3.63, 3.8) is 0 Å². The highest BCUT2D eigenvalue weighted by Crippen LogP contribution is 2.14. The van der Waals surface area contributed by atoms with E-state index >= 15 is 0 Å². The minimum absolute atomic E-state index is 0.0543. The van der Waals surface area contributed by atoms with Crippen molar-refractivity contribution < 1.29 is 18.7 Å². The predicted molar refractivity (Wildman–Crippen MR) is 58.6 cm³/mol. The number of rotatable bonds is 2. The number of methoxy groups -OCH3 is 1. The molecule has 1 unspecified atom stereocenters. The Bertz CT molecular complexity index is 402. The van der Waals surface area contributed by atoms with Crippen molar-refractivity contribution in [2.45, 2.75) is 12.5 Å². The Balaban J connectivity index is 1.90. The van der Waals surface area contributed by atoms with Gasteiger partial charge in [0.25, 0.3) is 5.91 Å². The third kappa shape index (κ3) is 2.58. The average molecular weight is 238 g/mol. The van der Waals surface area contributed by atoms with Crippen molar-refractivity contribution in [2.24, 2.45) is 0 Å². The maximum Gasteiger partial charge on any atom is 0.407 e. The summed E-state index contributed by atoms with van der Waals surface area (Å²) in [5.41, 5.74) is 0. The van der Waals surface area contributed by atoms with Crippen molar-refractivity contribution in [3.05, 3.63) is 24.2 Å². The van der Waals surface area contributed by atoms with Crippen LogP contribution >= 0.6 is 0 Å². The van der Waals surface area contributed by atoms with Gasteiger partial charge in [0, 0.05) is 13.1 Å². The summed E-state index contributed by atoms with van der Waals surface area (Å²) in [6.07, 6.45) is 1.72. The maximum absolute atomic E-state index is 11.9. The van der Waals surface area contributed by atoms with Gasteiger partial charge in [-0.2, -0.15) is 0 Å². The molecule has 17 heavy (non-hydrogen) atoms. The molecule has 1 saturated heterocycles. The van der Waals surface area contributed by atoms with Gasteiger partial charge in [-0.25, -0.2) is 4.79 Å². The number of nitrogens with zero attached hydrogens (tertiary/aromatic N) is 1. The topological polar surface area (TPSA) is 71.8 Å². The fourth-order valence-corrected chi connectivity index (χ4v) is 1.84. The van der Waals surface area contributed by atoms with E-state index in [1.165, 1.54) is 13.4 Å². The molecule has 1 N–H and O–H groups in total. The molecule has 2 heterocycles. The molecule has 6 nitrogen and oxygen atoms in total. The van der Waals surface area contributed by atoms with Gasteiger partial charge >= 0.3 is 6.09 Å². The second-order valence-corrected chi connectivity index (χ2v) is 3.85. The van der Waals surface area contributed by atoms with Crippen LogP contribution in [0.5, 0.6) is 0 Å². The fourth-order valence-electron chi connectivity index (χ4n) is 1.84. The van der Waals surface area contributed by atoms with Crippen molar-refractivity contribution in [1.29, 1.82) is 0 Å². The van der Waals surface area contributed by atoms with Gasteiger partial charge < -0.3 is 19.4 Å². The minimum atomic E-state index is -0.470. The first kappa shape index (κ1) is 11.5. The number of nitrogens with one attached hydrogen (secondary N) is 1. The summed E-state index contributed by atoms with van der Waals surface area (Å²) in [6, 6.07) is 3.25. The normalized spacial score (nSPS) is 19.1. The monoisotopic (exact) mass is 238 g/mol. The largest absolute Gasteiger partial charge is 0.459 e. The summed E-state index contributed by atoms with van der Waals surface area (Å²) < 4.78 is 9.55. The van der Waals surface area contributed by atoms with Crippen LogP contribution in [0.15, 0.2) is 22.8 Å². The first-order valence-corrected chi connectivity index (χ1v) is 5.38. The lowest BCUT2D eigenvalue weighted by Gasteiger charge is -2.15. The SMILES string of the molecule is COC(=O)NC1CCN(C(=O)c2ccco2)C1. The van der Waals surface area contributed by atoms with Gasteiger partial charge in [-0.05, 0) is 18.6 Å². The van der Waals surface area contributed by atoms with Crippen LogP contribution in [-0.2, 0) is 4.74 Å². The van der Waals surface area contributed by atoms with Gasteiger partial charge in [0.05, 0.1) is 19.4 Å². The maximum atomic E-state index is 11.9. The molecule has 1 atom stereocenters. The zero-order chi connectivity index (χ0) is 12.3. The van der Waals surface area contributed by atoms with Gasteiger partial charge in [-0.3, -0.25) is 4.79 Å². The number of hydrogen-bond acceptors (Lipinski definition) is 4. The second-order valence-electron chi connectivity index (χ2n) is 3.85. The highest BCUT2D eigenvalue weighted by Gasteiger charge is 2.29. The molecule has 92 valence electrons. The second kappa shape index (κ2) is 4.90. The smallest absolute Gasteiger partial charge is 0.407 e. The molecule has 1 aliphatic rings. The average Bonchev–Trinajstić information content (AvgIpc) is 2.98. The lowest BCUT2D eigenvalue weighted by atomic mass is 10.3. The Kier molecular flexibility index (Phi) is 3.32. The highest BCUT2D eigenvalue weighted by molar-refractivity contribution is 5.91. The van der Waals surface area contributed by atoms with Crippen LogP contribution < -0.4 is 5.32 Å². The Morgan fingerprint density at radius 3 is 3.06 bits per heavy atom. The lowest BCUT2D eigenvalue weighted by Crippen LogP contribution is -2.38. The van der Waals surface area contributed by atoms with Gasteiger partial charge in [0.15, 0.2) is 5.76 Å². The molecular weight excluding hydrogens is 224 g/mol. The number of alkyl carbamates (subject to hydrolysis) is 1. The van der Waals surface area contributed by atoms with E-state index in [9.17, 15) is 9.59 Å². The van der Waals surface area contributed by atoms with Crippen LogP contribution in [0, 0.1) is 0 Å². The van der Waals surface area contributed by atoms with Gasteiger partial charge in [0.1, 0.15) is 0 Å². The Hall–Kier alpha value is -1.98. The summed E-state index contributed by atoms with van der Waals surface area (Å²) in [5.74, 6) is 0.174. The summed E-state index contributed by atoms with van der Waals surface area (Å²) in [6.45, 7) is 1.09. The van der Waals surface area contributed by atoms with Gasteiger partial charge in [0.2, 0.25) is 0 Å². The van der Waals surface area contributed by atoms with Crippen LogP contribution in [0.3, 0.4) is 0 Å². The van der Waals surface area contributed by atoms with Crippen LogP contribution in [0.4, 0.5) is 4.79 Å². The van der Waals surface area contributed by atoms with E-state index in [4.69, 9.17) is 4.42 Å². The zero-order valence-electron chi connectivity index (χ0n) is 9.51. The summed E-state index contributed by atoms with van der Waals surface area (Å²) in [7, 11) is 1.32. The van der Waals surface area contributed by atoms with Crippen LogP contribution in [0.2, 0.25) is 0 Å². The lowest BCUT2D eigenvalue weighted by molar-refractivity contribution is 0.0756. The number of carbonyl (C=O) groups is 2. The molecule has 1 aromatic rings. The van der Waals surface area contributed by atoms with E-state index in [1.54, 1.807) is 17.0 Å². The van der Waals surface area contributed by atoms with Crippen molar-refractivity contribution in [3.8, 4) is 0 Å². The molecular formula is C11H14N2O4. The van der Waals surface area contributed by atoms with E-state index in [0.29, 0.717) is 18.8 Å². The number of ether oxygens (including phenoxy) is 1. The Morgan fingerprint density at radius 1 is 1.59 bits per heavy atom. The van der Waals surface area contributed by atoms with Crippen LogP contribution in [-0.4, -0.2) is 43.1 Å². The van der Waals surface area contributed by atoms with Gasteiger partial charge in [-0.1, -0.05) is 0 Å². The van der Waals surface area contributed by atoms with E-state index in [0.717, 1.165) is 6.42 Å². The summed E-state index contributed by atoms with van der Waals surface area (Å²) in [4.78, 5) is 24.6. The Morgan fingerprint density at radius 2 is 2.41 bits per heavy atom. The molecule has 0 bridgehead atoms. The number of hydrogen-bond donors (Lipinski definition) is 1. The van der Waals surface area contributed by atoms with Crippen molar-refractivity contribution >= 4 is 12.0 Å². The molecule has 1 aromatic heterocycles. The van der Waals surface area contributed by atoms with Gasteiger partial charge in [-0.15, -0.1) is 0 Å². The molecule has 0 aliphatic carbocycles. The number of furan rings is 1. The number of amides is 2. The standard InChI is InChI=1S/C11H14N2O4/c1-16-11(15)12-8-4-5-13(7-8)10(14)9-3-2-6-17-9/h2-3,6,8H,4-5,7H2,1H3,(H,12,15). The van der Waals surface area contributed by atoms with E-state index in [-0.39, 0.29) is 11.9 Å². The van der Waals surface area contributed by atoms with Crippen molar-refractivity contribution in [1.82, 2.24) is 10.2 Å². The summed E-state index contributed by atoms with van der Waals surface area (Å²) in [5, 5.41) is 2.67. The first-order chi connectivity index (χ1) is 8.20. The molecule has 2 rings (SSSR count). The number of carbonyl (C=O) groups excluding carboxylic acids is 2. The summed E-state index contributed by atoms with van der Waals surface area (Å²) >= 11 is 0. The minimum Gasteiger partial charge on any atom is -0.459 e. The molecule has 1 fully saturated rings. The molecule has 2 amide bonds. The highest BCUT2D eigenvalue weighted by atomic mass is 16.5. The van der Waals surface area contributed by atoms with Crippen molar-refractivity contribution in [2.75, 3.05) is 20.2 Å². The molecule has 1 aliphatic heterocycles. The zero-order valence-corrected chi connectivity index (χ0v) is 9.51. The van der Waals surface area contributed by atoms with Crippen LogP contribution in [0.25, 0.3) is 0 Å². The first-order valence-electron chi connectivity index (χ1n) is 5.38. The van der Waals surface area contributed by atoms with E-state index in [2.05, 4.69) is 10.1 Å².